The second-order valence-electron chi connectivity index (χ2n) is 3.49. The lowest BCUT2D eigenvalue weighted by Gasteiger charge is -2.20. The Hall–Kier alpha value is -1.77. The first-order chi connectivity index (χ1) is 7.27. The molecule has 3 nitrogen and oxygen atoms in total. The van der Waals surface area contributed by atoms with Gasteiger partial charge in [-0.3, -0.25) is 0 Å². The molecule has 0 fully saturated rings. The number of rotatable bonds is 2. The largest absolute Gasteiger partial charge is 0.487 e. The van der Waals surface area contributed by atoms with Crippen LogP contribution in [0.2, 0.25) is 0 Å². The number of allylic oxidation sites excluding steroid dienone is 1. The first-order valence-electron chi connectivity index (χ1n) is 4.90. The molecule has 0 saturated carbocycles. The average Bonchev–Trinajstić information content (AvgIpc) is 2.30. The van der Waals surface area contributed by atoms with Crippen LogP contribution in [-0.4, -0.2) is 17.7 Å². The first kappa shape index (κ1) is 9.77. The third-order valence-electron chi connectivity index (χ3n) is 2.48. The minimum Gasteiger partial charge on any atom is -0.487 e. The van der Waals surface area contributed by atoms with E-state index in [1.807, 2.05) is 30.3 Å². The fourth-order valence-corrected chi connectivity index (χ4v) is 1.71. The molecule has 1 atom stereocenters. The summed E-state index contributed by atoms with van der Waals surface area (Å²) in [6.45, 7) is 0.470. The number of carboxylic acids is 1. The van der Waals surface area contributed by atoms with Gasteiger partial charge in [0.15, 0.2) is 0 Å². The van der Waals surface area contributed by atoms with Crippen LogP contribution in [0.1, 0.15) is 17.9 Å². The van der Waals surface area contributed by atoms with E-state index in [9.17, 15) is 4.79 Å². The lowest BCUT2D eigenvalue weighted by atomic mass is 9.94. The Morgan fingerprint density at radius 1 is 1.33 bits per heavy atom. The molecule has 3 heteroatoms. The summed E-state index contributed by atoms with van der Waals surface area (Å²) in [4.78, 5) is 10.7. The summed E-state index contributed by atoms with van der Waals surface area (Å²) in [5.41, 5.74) is 1.14. The van der Waals surface area contributed by atoms with Gasteiger partial charge in [-0.1, -0.05) is 30.3 Å². The number of ether oxygens (including phenoxy) is 1. The summed E-state index contributed by atoms with van der Waals surface area (Å²) in [7, 11) is 0. The van der Waals surface area contributed by atoms with Crippen molar-refractivity contribution >= 4 is 5.97 Å². The molecule has 2 rings (SSSR count). The maximum atomic E-state index is 10.7. The van der Waals surface area contributed by atoms with Crippen LogP contribution in [0.15, 0.2) is 42.2 Å². The molecule has 1 heterocycles. The van der Waals surface area contributed by atoms with E-state index >= 15 is 0 Å². The predicted octanol–water partition coefficient (Wildman–Crippen LogP) is 2.16. The predicted molar refractivity (Wildman–Crippen MR) is 55.5 cm³/mol. The smallest absolute Gasteiger partial charge is 0.370 e. The summed E-state index contributed by atoms with van der Waals surface area (Å²) in [6, 6.07) is 9.88. The molecule has 1 aromatic rings. The standard InChI is InChI=1S/C12H12O3/c13-12(14)11-8-10(6-7-15-11)9-4-2-1-3-5-9/h1-5,8,10H,6-7H2,(H,13,14). The quantitative estimate of drug-likeness (QED) is 0.802. The van der Waals surface area contributed by atoms with Crippen molar-refractivity contribution in [3.8, 4) is 0 Å². The van der Waals surface area contributed by atoms with Gasteiger partial charge in [-0.15, -0.1) is 0 Å². The molecule has 0 radical (unpaired) electrons. The molecule has 1 unspecified atom stereocenters. The molecule has 78 valence electrons. The van der Waals surface area contributed by atoms with Gasteiger partial charge in [0.2, 0.25) is 5.76 Å². The van der Waals surface area contributed by atoms with E-state index in [4.69, 9.17) is 9.84 Å². The number of benzene rings is 1. The molecule has 1 N–H and O–H groups in total. The van der Waals surface area contributed by atoms with Crippen LogP contribution in [0, 0.1) is 0 Å². The number of carbonyl (C=O) groups is 1. The van der Waals surface area contributed by atoms with Crippen LogP contribution >= 0.6 is 0 Å². The van der Waals surface area contributed by atoms with Crippen LogP contribution < -0.4 is 0 Å². The van der Waals surface area contributed by atoms with Crippen molar-refractivity contribution in [1.82, 2.24) is 0 Å². The highest BCUT2D eigenvalue weighted by atomic mass is 16.5. The van der Waals surface area contributed by atoms with Gasteiger partial charge >= 0.3 is 5.97 Å². The lowest BCUT2D eigenvalue weighted by molar-refractivity contribution is -0.137. The Bertz CT molecular complexity index is 381. The SMILES string of the molecule is O=C(O)C1=CC(c2ccccc2)CCO1. The number of hydrogen-bond donors (Lipinski definition) is 1. The highest BCUT2D eigenvalue weighted by Crippen LogP contribution is 2.26. The molecule has 1 aliphatic heterocycles. The molecular weight excluding hydrogens is 192 g/mol. The van der Waals surface area contributed by atoms with Gasteiger partial charge in [-0.25, -0.2) is 4.79 Å². The Labute approximate surface area is 88.0 Å². The summed E-state index contributed by atoms with van der Waals surface area (Å²) in [6.07, 6.45) is 2.52. The number of hydrogen-bond acceptors (Lipinski definition) is 2. The van der Waals surface area contributed by atoms with E-state index in [-0.39, 0.29) is 11.7 Å². The van der Waals surface area contributed by atoms with Crippen molar-refractivity contribution in [2.24, 2.45) is 0 Å². The topological polar surface area (TPSA) is 46.5 Å². The maximum Gasteiger partial charge on any atom is 0.370 e. The fourth-order valence-electron chi connectivity index (χ4n) is 1.71. The van der Waals surface area contributed by atoms with Gasteiger partial charge in [0.05, 0.1) is 6.61 Å². The Kier molecular flexibility index (Phi) is 2.72. The Morgan fingerprint density at radius 3 is 2.73 bits per heavy atom. The summed E-state index contributed by atoms with van der Waals surface area (Å²) in [5, 5.41) is 8.81. The first-order valence-corrected chi connectivity index (χ1v) is 4.90. The molecule has 0 spiro atoms. The normalized spacial score (nSPS) is 20.3. The summed E-state index contributed by atoms with van der Waals surface area (Å²) < 4.78 is 5.05. The molecule has 1 aromatic carbocycles. The minimum atomic E-state index is -0.990. The third-order valence-corrected chi connectivity index (χ3v) is 2.48. The minimum absolute atomic E-state index is 0.0649. The van der Waals surface area contributed by atoms with Crippen molar-refractivity contribution < 1.29 is 14.6 Å². The zero-order chi connectivity index (χ0) is 10.7. The van der Waals surface area contributed by atoms with Crippen molar-refractivity contribution in [1.29, 1.82) is 0 Å². The van der Waals surface area contributed by atoms with Crippen LogP contribution in [0.4, 0.5) is 0 Å². The van der Waals surface area contributed by atoms with E-state index < -0.39 is 5.97 Å². The second-order valence-corrected chi connectivity index (χ2v) is 3.49. The number of aliphatic carboxylic acids is 1. The van der Waals surface area contributed by atoms with E-state index in [2.05, 4.69) is 0 Å². The highest BCUT2D eigenvalue weighted by molar-refractivity contribution is 5.84. The van der Waals surface area contributed by atoms with Crippen LogP contribution in [-0.2, 0) is 9.53 Å². The summed E-state index contributed by atoms with van der Waals surface area (Å²) >= 11 is 0. The Balaban J connectivity index is 2.24. The van der Waals surface area contributed by atoms with Crippen LogP contribution in [0.5, 0.6) is 0 Å². The zero-order valence-electron chi connectivity index (χ0n) is 8.22. The van der Waals surface area contributed by atoms with Gasteiger partial charge in [-0.05, 0) is 18.1 Å². The molecule has 0 aromatic heterocycles. The second kappa shape index (κ2) is 4.17. The monoisotopic (exact) mass is 204 g/mol. The van der Waals surface area contributed by atoms with Crippen molar-refractivity contribution in [2.75, 3.05) is 6.61 Å². The van der Waals surface area contributed by atoms with E-state index in [1.54, 1.807) is 6.08 Å². The van der Waals surface area contributed by atoms with E-state index in [0.29, 0.717) is 6.61 Å². The van der Waals surface area contributed by atoms with E-state index in [1.165, 1.54) is 0 Å². The van der Waals surface area contributed by atoms with Crippen molar-refractivity contribution in [3.63, 3.8) is 0 Å². The summed E-state index contributed by atoms with van der Waals surface area (Å²) in [5.74, 6) is -0.767. The van der Waals surface area contributed by atoms with Crippen molar-refractivity contribution in [3.05, 3.63) is 47.7 Å². The number of carboxylic acid groups (broad SMARTS) is 1. The van der Waals surface area contributed by atoms with Crippen molar-refractivity contribution in [2.45, 2.75) is 12.3 Å². The van der Waals surface area contributed by atoms with Gasteiger partial charge in [0.1, 0.15) is 0 Å². The van der Waals surface area contributed by atoms with E-state index in [0.717, 1.165) is 12.0 Å². The fraction of sp³-hybridized carbons (Fsp3) is 0.250. The average molecular weight is 204 g/mol. The van der Waals surface area contributed by atoms with Gasteiger partial charge in [-0.2, -0.15) is 0 Å². The third kappa shape index (κ3) is 2.18. The molecule has 1 aliphatic rings. The zero-order valence-corrected chi connectivity index (χ0v) is 8.22. The van der Waals surface area contributed by atoms with Crippen LogP contribution in [0.3, 0.4) is 0 Å². The van der Waals surface area contributed by atoms with Gasteiger partial charge < -0.3 is 9.84 Å². The lowest BCUT2D eigenvalue weighted by Crippen LogP contribution is -2.15. The molecule has 0 saturated heterocycles. The van der Waals surface area contributed by atoms with Gasteiger partial charge in [0.25, 0.3) is 0 Å². The Morgan fingerprint density at radius 2 is 2.07 bits per heavy atom. The maximum absolute atomic E-state index is 10.7. The van der Waals surface area contributed by atoms with Gasteiger partial charge in [0, 0.05) is 5.92 Å². The molecular formula is C12H12O3. The highest BCUT2D eigenvalue weighted by Gasteiger charge is 2.19. The molecule has 15 heavy (non-hydrogen) atoms. The van der Waals surface area contributed by atoms with Crippen LogP contribution in [0.25, 0.3) is 0 Å². The molecule has 0 bridgehead atoms. The molecule has 0 amide bonds. The molecule has 0 aliphatic carbocycles.